The number of likely N-dealkylation sites (tertiary alicyclic amines) is 1. The van der Waals surface area contributed by atoms with E-state index < -0.39 is 0 Å². The molecule has 1 aliphatic rings. The first-order chi connectivity index (χ1) is 8.74. The fourth-order valence-corrected chi connectivity index (χ4v) is 3.14. The third-order valence-corrected chi connectivity index (χ3v) is 4.38. The van der Waals surface area contributed by atoms with Gasteiger partial charge in [0.1, 0.15) is 0 Å². The van der Waals surface area contributed by atoms with E-state index in [0.29, 0.717) is 13.0 Å². The van der Waals surface area contributed by atoms with Gasteiger partial charge in [0, 0.05) is 31.1 Å². The Morgan fingerprint density at radius 1 is 1.67 bits per heavy atom. The predicted octanol–water partition coefficient (Wildman–Crippen LogP) is 1.26. The minimum atomic E-state index is 0.121. The van der Waals surface area contributed by atoms with Crippen molar-refractivity contribution in [2.24, 2.45) is 5.73 Å². The van der Waals surface area contributed by atoms with Crippen LogP contribution in [0.15, 0.2) is 17.5 Å². The fraction of sp³-hybridized carbons (Fsp3) is 0.615. The first kappa shape index (κ1) is 13.5. The molecule has 2 heterocycles. The molecule has 100 valence electrons. The summed E-state index contributed by atoms with van der Waals surface area (Å²) in [6, 6.07) is 4.10. The first-order valence-corrected chi connectivity index (χ1v) is 7.17. The third kappa shape index (κ3) is 3.10. The maximum Gasteiger partial charge on any atom is 0.228 e. The molecule has 0 radical (unpaired) electrons. The van der Waals surface area contributed by atoms with Gasteiger partial charge in [0.2, 0.25) is 5.91 Å². The molecule has 1 amide bonds. The molecule has 0 aliphatic carbocycles. The fourth-order valence-electron chi connectivity index (χ4n) is 2.44. The zero-order valence-electron chi connectivity index (χ0n) is 10.7. The average molecular weight is 268 g/mol. The number of amides is 1. The van der Waals surface area contributed by atoms with Gasteiger partial charge in [0.05, 0.1) is 12.5 Å². The molecule has 0 aromatic carbocycles. The van der Waals surface area contributed by atoms with Crippen LogP contribution in [0.25, 0.3) is 0 Å². The van der Waals surface area contributed by atoms with Gasteiger partial charge in [-0.3, -0.25) is 4.79 Å². The number of thiophene rings is 1. The van der Waals surface area contributed by atoms with E-state index in [1.807, 2.05) is 22.4 Å². The highest BCUT2D eigenvalue weighted by Gasteiger charge is 2.30. The van der Waals surface area contributed by atoms with Gasteiger partial charge in [-0.15, -0.1) is 11.3 Å². The summed E-state index contributed by atoms with van der Waals surface area (Å²) >= 11 is 1.63. The van der Waals surface area contributed by atoms with Crippen LogP contribution < -0.4 is 5.73 Å². The predicted molar refractivity (Wildman–Crippen MR) is 72.6 cm³/mol. The molecule has 2 atom stereocenters. The van der Waals surface area contributed by atoms with Crippen molar-refractivity contribution >= 4 is 17.2 Å². The molecule has 0 unspecified atom stereocenters. The normalized spacial score (nSPS) is 24.2. The summed E-state index contributed by atoms with van der Waals surface area (Å²) in [5, 5.41) is 2.00. The third-order valence-electron chi connectivity index (χ3n) is 3.50. The maximum absolute atomic E-state index is 12.3. The second-order valence-electron chi connectivity index (χ2n) is 4.61. The van der Waals surface area contributed by atoms with Crippen molar-refractivity contribution in [1.82, 2.24) is 4.90 Å². The molecule has 0 spiro atoms. The van der Waals surface area contributed by atoms with E-state index >= 15 is 0 Å². The molecule has 1 fully saturated rings. The molecule has 0 bridgehead atoms. The second-order valence-corrected chi connectivity index (χ2v) is 5.65. The van der Waals surface area contributed by atoms with Gasteiger partial charge in [0.25, 0.3) is 0 Å². The molecule has 0 saturated carbocycles. The Hall–Kier alpha value is -0.910. The number of carbonyl (C=O) groups is 1. The van der Waals surface area contributed by atoms with Crippen molar-refractivity contribution in [1.29, 1.82) is 0 Å². The summed E-state index contributed by atoms with van der Waals surface area (Å²) in [7, 11) is 1.72. The van der Waals surface area contributed by atoms with Crippen molar-refractivity contribution in [2.75, 3.05) is 20.2 Å². The average Bonchev–Trinajstić information content (AvgIpc) is 2.90. The number of hydrogen-bond donors (Lipinski definition) is 1. The lowest BCUT2D eigenvalue weighted by molar-refractivity contribution is -0.136. The number of nitrogens with zero attached hydrogens (tertiary/aromatic N) is 1. The smallest absolute Gasteiger partial charge is 0.228 e. The highest BCUT2D eigenvalue weighted by molar-refractivity contribution is 7.10. The Bertz CT molecular complexity index is 380. The van der Waals surface area contributed by atoms with E-state index in [1.165, 1.54) is 0 Å². The van der Waals surface area contributed by atoms with Crippen molar-refractivity contribution in [3.8, 4) is 0 Å². The highest BCUT2D eigenvalue weighted by Crippen LogP contribution is 2.21. The van der Waals surface area contributed by atoms with Gasteiger partial charge in [0.15, 0.2) is 0 Å². The van der Waals surface area contributed by atoms with Gasteiger partial charge in [-0.1, -0.05) is 6.07 Å². The summed E-state index contributed by atoms with van der Waals surface area (Å²) < 4.78 is 5.37. The molecular formula is C13H20N2O2S. The van der Waals surface area contributed by atoms with Crippen LogP contribution in [-0.4, -0.2) is 43.2 Å². The standard InChI is InChI=1S/C13H20N2O2S/c1-17-11-4-5-15(10(7-11)9-14)13(16)8-12-3-2-6-18-12/h2-3,6,10-11H,4-5,7-9,14H2,1H3/t10-,11+/m1/s1. The van der Waals surface area contributed by atoms with Crippen molar-refractivity contribution in [3.05, 3.63) is 22.4 Å². The Labute approximate surface area is 112 Å². The van der Waals surface area contributed by atoms with Gasteiger partial charge in [-0.2, -0.15) is 0 Å². The Morgan fingerprint density at radius 3 is 3.11 bits per heavy atom. The van der Waals surface area contributed by atoms with Crippen molar-refractivity contribution < 1.29 is 9.53 Å². The van der Waals surface area contributed by atoms with Gasteiger partial charge >= 0.3 is 0 Å². The zero-order chi connectivity index (χ0) is 13.0. The summed E-state index contributed by atoms with van der Waals surface area (Å²) in [6.07, 6.45) is 2.49. The summed E-state index contributed by atoms with van der Waals surface area (Å²) in [6.45, 7) is 1.26. The number of nitrogens with two attached hydrogens (primary N) is 1. The summed E-state index contributed by atoms with van der Waals surface area (Å²) in [5.74, 6) is 0.183. The number of methoxy groups -OCH3 is 1. The van der Waals surface area contributed by atoms with Crippen LogP contribution in [0.4, 0.5) is 0 Å². The van der Waals surface area contributed by atoms with E-state index in [4.69, 9.17) is 10.5 Å². The lowest BCUT2D eigenvalue weighted by Gasteiger charge is -2.38. The van der Waals surface area contributed by atoms with Crippen LogP contribution in [0.1, 0.15) is 17.7 Å². The second kappa shape index (κ2) is 6.31. The Kier molecular flexibility index (Phi) is 4.74. The van der Waals surface area contributed by atoms with Gasteiger partial charge in [-0.25, -0.2) is 0 Å². The molecule has 1 saturated heterocycles. The van der Waals surface area contributed by atoms with Crippen molar-refractivity contribution in [3.63, 3.8) is 0 Å². The number of carbonyl (C=O) groups excluding carboxylic acids is 1. The maximum atomic E-state index is 12.3. The zero-order valence-corrected chi connectivity index (χ0v) is 11.5. The van der Waals surface area contributed by atoms with Crippen molar-refractivity contribution in [2.45, 2.75) is 31.4 Å². The molecule has 1 aromatic rings. The van der Waals surface area contributed by atoms with Gasteiger partial charge in [-0.05, 0) is 24.3 Å². The van der Waals surface area contributed by atoms with Crippen LogP contribution in [0, 0.1) is 0 Å². The van der Waals surface area contributed by atoms with E-state index in [1.54, 1.807) is 18.4 Å². The molecule has 2 rings (SSSR count). The molecule has 1 aromatic heterocycles. The largest absolute Gasteiger partial charge is 0.381 e. The molecule has 5 heteroatoms. The Balaban J connectivity index is 1.96. The molecule has 4 nitrogen and oxygen atoms in total. The van der Waals surface area contributed by atoms with E-state index in [2.05, 4.69) is 0 Å². The van der Waals surface area contributed by atoms with Crippen LogP contribution in [0.3, 0.4) is 0 Å². The topological polar surface area (TPSA) is 55.6 Å². The van der Waals surface area contributed by atoms with E-state index in [0.717, 1.165) is 24.3 Å². The van der Waals surface area contributed by atoms with Crippen LogP contribution in [-0.2, 0) is 16.0 Å². The van der Waals surface area contributed by atoms with Crippen LogP contribution in [0.2, 0.25) is 0 Å². The number of ether oxygens (including phenoxy) is 1. The highest BCUT2D eigenvalue weighted by atomic mass is 32.1. The SMILES string of the molecule is CO[C@H]1CCN(C(=O)Cc2cccs2)[C@@H](CN)C1. The lowest BCUT2D eigenvalue weighted by Crippen LogP contribution is -2.51. The summed E-state index contributed by atoms with van der Waals surface area (Å²) in [4.78, 5) is 15.3. The van der Waals surface area contributed by atoms with E-state index in [9.17, 15) is 4.79 Å². The minimum absolute atomic E-state index is 0.121. The minimum Gasteiger partial charge on any atom is -0.381 e. The molecule has 18 heavy (non-hydrogen) atoms. The van der Waals surface area contributed by atoms with Gasteiger partial charge < -0.3 is 15.4 Å². The van der Waals surface area contributed by atoms with Crippen LogP contribution in [0.5, 0.6) is 0 Å². The van der Waals surface area contributed by atoms with Crippen LogP contribution >= 0.6 is 11.3 Å². The number of piperidine rings is 1. The summed E-state index contributed by atoms with van der Waals surface area (Å²) in [5.41, 5.74) is 5.77. The number of hydrogen-bond acceptors (Lipinski definition) is 4. The number of rotatable bonds is 4. The monoisotopic (exact) mass is 268 g/mol. The quantitative estimate of drug-likeness (QED) is 0.894. The van der Waals surface area contributed by atoms with E-state index in [-0.39, 0.29) is 18.1 Å². The Morgan fingerprint density at radius 2 is 2.50 bits per heavy atom. The lowest BCUT2D eigenvalue weighted by atomic mass is 9.99. The molecule has 2 N–H and O–H groups in total. The molecule has 1 aliphatic heterocycles. The first-order valence-electron chi connectivity index (χ1n) is 6.29. The molecular weight excluding hydrogens is 248 g/mol.